The highest BCUT2D eigenvalue weighted by molar-refractivity contribution is 5.26. The largest absolute Gasteiger partial charge is 0.388 e. The topological polar surface area (TPSA) is 20.2 Å². The van der Waals surface area contributed by atoms with E-state index in [0.717, 1.165) is 12.8 Å². The third-order valence-corrected chi connectivity index (χ3v) is 4.32. The summed E-state index contributed by atoms with van der Waals surface area (Å²) >= 11 is 0. The molecule has 2 heteroatoms. The molecule has 1 aliphatic carbocycles. The standard InChI is InChI=1S/C17H23FO/c1-12-6-5-9-17(2,3)15(12)11-16(19)13-7-4-8-14(18)10-13/h4,7-8,10,16,19H,5-6,9,11H2,1-3H3. The first-order valence-corrected chi connectivity index (χ1v) is 7.03. The van der Waals surface area contributed by atoms with Crippen molar-refractivity contribution in [1.29, 1.82) is 0 Å². The Balaban J connectivity index is 2.20. The highest BCUT2D eigenvalue weighted by Crippen LogP contribution is 2.43. The number of aliphatic hydroxyl groups is 1. The van der Waals surface area contributed by atoms with Gasteiger partial charge in [0.25, 0.3) is 0 Å². The highest BCUT2D eigenvalue weighted by atomic mass is 19.1. The zero-order valence-electron chi connectivity index (χ0n) is 12.0. The first-order chi connectivity index (χ1) is 8.90. The summed E-state index contributed by atoms with van der Waals surface area (Å²) in [5.41, 5.74) is 3.56. The molecule has 0 radical (unpaired) electrons. The van der Waals surface area contributed by atoms with Gasteiger partial charge < -0.3 is 5.11 Å². The van der Waals surface area contributed by atoms with Gasteiger partial charge in [-0.05, 0) is 55.7 Å². The summed E-state index contributed by atoms with van der Waals surface area (Å²) in [6.45, 7) is 6.64. The van der Waals surface area contributed by atoms with E-state index in [4.69, 9.17) is 0 Å². The smallest absolute Gasteiger partial charge is 0.123 e. The van der Waals surface area contributed by atoms with Crippen LogP contribution < -0.4 is 0 Å². The Morgan fingerprint density at radius 3 is 2.74 bits per heavy atom. The van der Waals surface area contributed by atoms with E-state index in [-0.39, 0.29) is 11.2 Å². The lowest BCUT2D eigenvalue weighted by Crippen LogP contribution is -2.22. The first-order valence-electron chi connectivity index (χ1n) is 7.03. The minimum Gasteiger partial charge on any atom is -0.388 e. The Bertz CT molecular complexity index is 488. The van der Waals surface area contributed by atoms with Gasteiger partial charge in [0.15, 0.2) is 0 Å². The molecule has 0 amide bonds. The number of aliphatic hydroxyl groups excluding tert-OH is 1. The molecule has 0 saturated heterocycles. The minimum atomic E-state index is -0.613. The van der Waals surface area contributed by atoms with E-state index in [9.17, 15) is 9.50 Å². The Kier molecular flexibility index (Phi) is 4.10. The van der Waals surface area contributed by atoms with Crippen molar-refractivity contribution in [2.24, 2.45) is 5.41 Å². The van der Waals surface area contributed by atoms with E-state index in [0.29, 0.717) is 12.0 Å². The fourth-order valence-electron chi connectivity index (χ4n) is 3.15. The average Bonchev–Trinajstić information content (AvgIpc) is 2.33. The molecule has 0 heterocycles. The van der Waals surface area contributed by atoms with Crippen LogP contribution in [-0.4, -0.2) is 5.11 Å². The SMILES string of the molecule is CC1=C(CC(O)c2cccc(F)c2)C(C)(C)CCC1. The summed E-state index contributed by atoms with van der Waals surface area (Å²) < 4.78 is 13.2. The van der Waals surface area contributed by atoms with Crippen LogP contribution in [0.15, 0.2) is 35.4 Å². The van der Waals surface area contributed by atoms with Gasteiger partial charge in [-0.25, -0.2) is 4.39 Å². The van der Waals surface area contributed by atoms with Crippen molar-refractivity contribution in [3.63, 3.8) is 0 Å². The van der Waals surface area contributed by atoms with Crippen LogP contribution in [0.25, 0.3) is 0 Å². The van der Waals surface area contributed by atoms with Crippen LogP contribution in [-0.2, 0) is 0 Å². The van der Waals surface area contributed by atoms with Crippen molar-refractivity contribution in [2.75, 3.05) is 0 Å². The molecule has 104 valence electrons. The molecule has 0 fully saturated rings. The van der Waals surface area contributed by atoms with Gasteiger partial charge in [-0.3, -0.25) is 0 Å². The van der Waals surface area contributed by atoms with Crippen molar-refractivity contribution in [3.8, 4) is 0 Å². The number of rotatable bonds is 3. The second-order valence-electron chi connectivity index (χ2n) is 6.27. The lowest BCUT2D eigenvalue weighted by Gasteiger charge is -2.35. The third-order valence-electron chi connectivity index (χ3n) is 4.32. The summed E-state index contributed by atoms with van der Waals surface area (Å²) in [5.74, 6) is -0.287. The molecule has 0 spiro atoms. The van der Waals surface area contributed by atoms with Gasteiger partial charge in [-0.1, -0.05) is 37.1 Å². The summed E-state index contributed by atoms with van der Waals surface area (Å²) in [6.07, 6.45) is 3.50. The number of hydrogen-bond donors (Lipinski definition) is 1. The second kappa shape index (κ2) is 5.46. The summed E-state index contributed by atoms with van der Waals surface area (Å²) in [6, 6.07) is 6.28. The van der Waals surface area contributed by atoms with Gasteiger partial charge in [-0.15, -0.1) is 0 Å². The Morgan fingerprint density at radius 2 is 2.11 bits per heavy atom. The lowest BCUT2D eigenvalue weighted by atomic mass is 9.70. The minimum absolute atomic E-state index is 0.149. The van der Waals surface area contributed by atoms with Crippen LogP contribution >= 0.6 is 0 Å². The molecule has 1 aromatic rings. The van der Waals surface area contributed by atoms with E-state index < -0.39 is 6.10 Å². The Morgan fingerprint density at radius 1 is 1.37 bits per heavy atom. The maximum Gasteiger partial charge on any atom is 0.123 e. The summed E-state index contributed by atoms with van der Waals surface area (Å²) in [4.78, 5) is 0. The average molecular weight is 262 g/mol. The number of hydrogen-bond acceptors (Lipinski definition) is 1. The maximum atomic E-state index is 13.2. The van der Waals surface area contributed by atoms with E-state index >= 15 is 0 Å². The molecule has 1 nitrogen and oxygen atoms in total. The molecule has 0 saturated carbocycles. The number of allylic oxidation sites excluding steroid dienone is 1. The second-order valence-corrected chi connectivity index (χ2v) is 6.27. The zero-order valence-corrected chi connectivity index (χ0v) is 12.0. The predicted octanol–water partition coefficient (Wildman–Crippen LogP) is 4.78. The van der Waals surface area contributed by atoms with Crippen LogP contribution in [0.5, 0.6) is 0 Å². The van der Waals surface area contributed by atoms with Crippen molar-refractivity contribution in [1.82, 2.24) is 0 Å². The zero-order chi connectivity index (χ0) is 14.0. The predicted molar refractivity (Wildman–Crippen MR) is 76.3 cm³/mol. The molecule has 19 heavy (non-hydrogen) atoms. The van der Waals surface area contributed by atoms with Gasteiger partial charge in [0.05, 0.1) is 6.10 Å². The lowest BCUT2D eigenvalue weighted by molar-refractivity contribution is 0.165. The molecular weight excluding hydrogens is 239 g/mol. The van der Waals surface area contributed by atoms with Gasteiger partial charge in [0, 0.05) is 0 Å². The van der Waals surface area contributed by atoms with Crippen LogP contribution in [0, 0.1) is 11.2 Å². The quantitative estimate of drug-likeness (QED) is 0.777. The fraction of sp³-hybridized carbons (Fsp3) is 0.529. The molecule has 1 aromatic carbocycles. The highest BCUT2D eigenvalue weighted by Gasteiger charge is 2.29. The van der Waals surface area contributed by atoms with E-state index in [1.807, 2.05) is 0 Å². The van der Waals surface area contributed by atoms with Gasteiger partial charge in [0.1, 0.15) is 5.82 Å². The monoisotopic (exact) mass is 262 g/mol. The van der Waals surface area contributed by atoms with Crippen LogP contribution in [0.4, 0.5) is 4.39 Å². The van der Waals surface area contributed by atoms with Crippen LogP contribution in [0.1, 0.15) is 58.1 Å². The number of benzene rings is 1. The van der Waals surface area contributed by atoms with Crippen LogP contribution in [0.3, 0.4) is 0 Å². The summed E-state index contributed by atoms with van der Waals surface area (Å²) in [7, 11) is 0. The fourth-order valence-corrected chi connectivity index (χ4v) is 3.15. The van der Waals surface area contributed by atoms with Crippen LogP contribution in [0.2, 0.25) is 0 Å². The van der Waals surface area contributed by atoms with Crippen molar-refractivity contribution >= 4 is 0 Å². The molecule has 2 rings (SSSR count). The molecular formula is C17H23FO. The molecule has 1 atom stereocenters. The first kappa shape index (κ1) is 14.3. The van der Waals surface area contributed by atoms with Gasteiger partial charge in [0.2, 0.25) is 0 Å². The van der Waals surface area contributed by atoms with Crippen molar-refractivity contribution in [3.05, 3.63) is 46.8 Å². The van der Waals surface area contributed by atoms with Crippen molar-refractivity contribution < 1.29 is 9.50 Å². The molecule has 1 aliphatic rings. The van der Waals surface area contributed by atoms with Crippen molar-refractivity contribution in [2.45, 2.75) is 52.6 Å². The van der Waals surface area contributed by atoms with E-state index in [1.54, 1.807) is 12.1 Å². The maximum absolute atomic E-state index is 13.2. The number of halogens is 1. The van der Waals surface area contributed by atoms with E-state index in [2.05, 4.69) is 20.8 Å². The van der Waals surface area contributed by atoms with Gasteiger partial charge >= 0.3 is 0 Å². The van der Waals surface area contributed by atoms with E-state index in [1.165, 1.54) is 29.7 Å². The third kappa shape index (κ3) is 3.24. The Hall–Kier alpha value is -1.15. The Labute approximate surface area is 115 Å². The normalized spacial score (nSPS) is 20.5. The molecule has 1 N–H and O–H groups in total. The molecule has 0 aromatic heterocycles. The molecule has 0 aliphatic heterocycles. The molecule has 0 bridgehead atoms. The van der Waals surface area contributed by atoms with Gasteiger partial charge in [-0.2, -0.15) is 0 Å². The summed E-state index contributed by atoms with van der Waals surface area (Å²) in [5, 5.41) is 10.3. The molecule has 1 unspecified atom stereocenters.